The average Bonchev–Trinajstić information content (AvgIpc) is 2.89. The summed E-state index contributed by atoms with van der Waals surface area (Å²) < 4.78 is 1.70. The fraction of sp³-hybridized carbons (Fsp3) is 0.214. The Morgan fingerprint density at radius 3 is 3.00 bits per heavy atom. The summed E-state index contributed by atoms with van der Waals surface area (Å²) in [4.78, 5) is 8.47. The Morgan fingerprint density at radius 2 is 2.24 bits per heavy atom. The molecule has 0 aliphatic rings. The molecule has 0 saturated heterocycles. The van der Waals surface area contributed by atoms with Crippen LogP contribution in [0.5, 0.6) is 0 Å². The van der Waals surface area contributed by atoms with Crippen LogP contribution >= 0.6 is 11.6 Å². The van der Waals surface area contributed by atoms with Gasteiger partial charge < -0.3 is 10.4 Å². The second kappa shape index (κ2) is 5.67. The van der Waals surface area contributed by atoms with E-state index in [1.807, 2.05) is 18.2 Å². The largest absolute Gasteiger partial charge is 0.392 e. The summed E-state index contributed by atoms with van der Waals surface area (Å²) in [6, 6.07) is 7.39. The highest BCUT2D eigenvalue weighted by Gasteiger charge is 2.11. The third-order valence-electron chi connectivity index (χ3n) is 2.98. The van der Waals surface area contributed by atoms with Crippen molar-refractivity contribution in [3.05, 3.63) is 41.8 Å². The van der Waals surface area contributed by atoms with Gasteiger partial charge in [-0.1, -0.05) is 17.7 Å². The summed E-state index contributed by atoms with van der Waals surface area (Å²) in [5.41, 5.74) is 1.51. The van der Waals surface area contributed by atoms with E-state index in [-0.39, 0.29) is 0 Å². The van der Waals surface area contributed by atoms with Crippen LogP contribution in [0.4, 0.5) is 5.82 Å². The van der Waals surface area contributed by atoms with Crippen LogP contribution in [0.3, 0.4) is 0 Å². The quantitative estimate of drug-likeness (QED) is 0.773. The van der Waals surface area contributed by atoms with Crippen molar-refractivity contribution in [3.8, 4) is 5.69 Å². The molecule has 2 heterocycles. The number of anilines is 1. The minimum absolute atomic E-state index is 0.411. The van der Waals surface area contributed by atoms with Crippen LogP contribution < -0.4 is 5.32 Å². The molecule has 1 atom stereocenters. The van der Waals surface area contributed by atoms with Gasteiger partial charge >= 0.3 is 0 Å². The van der Waals surface area contributed by atoms with Gasteiger partial charge in [-0.05, 0) is 25.1 Å². The smallest absolute Gasteiger partial charge is 0.168 e. The number of rotatable bonds is 4. The van der Waals surface area contributed by atoms with Gasteiger partial charge in [-0.25, -0.2) is 14.6 Å². The first kappa shape index (κ1) is 13.8. The SMILES string of the molecule is C[C@@H](O)CNc1ncnc2c1cnn2-c1cccc(Cl)c1. The molecule has 3 rings (SSSR count). The van der Waals surface area contributed by atoms with Crippen molar-refractivity contribution in [2.45, 2.75) is 13.0 Å². The number of fused-ring (bicyclic) bond motifs is 1. The Morgan fingerprint density at radius 1 is 1.38 bits per heavy atom. The lowest BCUT2D eigenvalue weighted by Gasteiger charge is -2.08. The molecular weight excluding hydrogens is 290 g/mol. The molecule has 0 radical (unpaired) electrons. The monoisotopic (exact) mass is 303 g/mol. The van der Waals surface area contributed by atoms with Crippen LogP contribution in [0.15, 0.2) is 36.8 Å². The topological polar surface area (TPSA) is 75.9 Å². The van der Waals surface area contributed by atoms with Crippen LogP contribution in [0.2, 0.25) is 5.02 Å². The molecule has 0 unspecified atom stereocenters. The number of aliphatic hydroxyl groups is 1. The van der Waals surface area contributed by atoms with E-state index in [0.29, 0.717) is 23.0 Å². The molecule has 0 aliphatic carbocycles. The molecule has 2 N–H and O–H groups in total. The van der Waals surface area contributed by atoms with Gasteiger partial charge in [0.15, 0.2) is 5.65 Å². The molecule has 0 aliphatic heterocycles. The molecular formula is C14H14ClN5O. The summed E-state index contributed by atoms with van der Waals surface area (Å²) in [6.07, 6.45) is 2.70. The molecule has 0 fully saturated rings. The van der Waals surface area contributed by atoms with Crippen LogP contribution in [0.25, 0.3) is 16.7 Å². The Kier molecular flexibility index (Phi) is 3.72. The molecule has 108 valence electrons. The summed E-state index contributed by atoms with van der Waals surface area (Å²) in [6.45, 7) is 2.12. The second-order valence-corrected chi connectivity index (χ2v) is 5.16. The number of benzene rings is 1. The van der Waals surface area contributed by atoms with Crippen molar-refractivity contribution in [3.63, 3.8) is 0 Å². The van der Waals surface area contributed by atoms with Crippen molar-refractivity contribution >= 4 is 28.5 Å². The molecule has 0 bridgehead atoms. The summed E-state index contributed by atoms with van der Waals surface area (Å²) >= 11 is 6.01. The number of nitrogens with one attached hydrogen (secondary N) is 1. The van der Waals surface area contributed by atoms with Gasteiger partial charge in [-0.3, -0.25) is 0 Å². The first-order valence-corrected chi connectivity index (χ1v) is 6.89. The lowest BCUT2D eigenvalue weighted by atomic mass is 10.3. The highest BCUT2D eigenvalue weighted by atomic mass is 35.5. The first-order chi connectivity index (χ1) is 10.1. The summed E-state index contributed by atoms with van der Waals surface area (Å²) in [5, 5.41) is 18.2. The van der Waals surface area contributed by atoms with E-state index in [1.54, 1.807) is 23.9 Å². The first-order valence-electron chi connectivity index (χ1n) is 6.52. The fourth-order valence-electron chi connectivity index (χ4n) is 2.03. The summed E-state index contributed by atoms with van der Waals surface area (Å²) in [7, 11) is 0. The third kappa shape index (κ3) is 2.81. The van der Waals surface area contributed by atoms with Gasteiger partial charge in [0, 0.05) is 11.6 Å². The molecule has 6 nitrogen and oxygen atoms in total. The van der Waals surface area contributed by atoms with E-state index in [0.717, 1.165) is 11.1 Å². The molecule has 7 heteroatoms. The Balaban J connectivity index is 2.05. The zero-order valence-electron chi connectivity index (χ0n) is 11.4. The maximum atomic E-state index is 9.36. The molecule has 3 aromatic rings. The molecule has 0 spiro atoms. The molecule has 0 saturated carbocycles. The summed E-state index contributed by atoms with van der Waals surface area (Å²) in [5.74, 6) is 0.647. The molecule has 1 aromatic carbocycles. The van der Waals surface area contributed by atoms with Gasteiger partial charge in [0.1, 0.15) is 12.1 Å². The fourth-order valence-corrected chi connectivity index (χ4v) is 2.21. The van der Waals surface area contributed by atoms with Crippen molar-refractivity contribution in [2.24, 2.45) is 0 Å². The van der Waals surface area contributed by atoms with Crippen molar-refractivity contribution < 1.29 is 5.11 Å². The predicted molar refractivity (Wildman–Crippen MR) is 81.8 cm³/mol. The number of hydrogen-bond acceptors (Lipinski definition) is 5. The maximum Gasteiger partial charge on any atom is 0.168 e. The van der Waals surface area contributed by atoms with E-state index >= 15 is 0 Å². The molecule has 2 aromatic heterocycles. The highest BCUT2D eigenvalue weighted by molar-refractivity contribution is 6.30. The van der Waals surface area contributed by atoms with E-state index in [9.17, 15) is 5.11 Å². The standard InChI is InChI=1S/C14H14ClN5O/c1-9(21)6-16-13-12-7-19-20(14(12)18-8-17-13)11-4-2-3-10(15)5-11/h2-5,7-9,21H,6H2,1H3,(H,16,17,18)/t9-/m1/s1. The van der Waals surface area contributed by atoms with Gasteiger partial charge in [0.2, 0.25) is 0 Å². The number of aliphatic hydroxyl groups excluding tert-OH is 1. The minimum Gasteiger partial charge on any atom is -0.392 e. The molecule has 21 heavy (non-hydrogen) atoms. The van der Waals surface area contributed by atoms with Gasteiger partial charge in [0.25, 0.3) is 0 Å². The van der Waals surface area contributed by atoms with Gasteiger partial charge in [0.05, 0.1) is 23.4 Å². The number of hydrogen-bond donors (Lipinski definition) is 2. The van der Waals surface area contributed by atoms with Crippen LogP contribution in [-0.4, -0.2) is 37.5 Å². The van der Waals surface area contributed by atoms with E-state index < -0.39 is 6.10 Å². The zero-order chi connectivity index (χ0) is 14.8. The minimum atomic E-state index is -0.460. The van der Waals surface area contributed by atoms with Gasteiger partial charge in [-0.15, -0.1) is 0 Å². The van der Waals surface area contributed by atoms with Crippen LogP contribution in [-0.2, 0) is 0 Å². The second-order valence-electron chi connectivity index (χ2n) is 4.73. The zero-order valence-corrected chi connectivity index (χ0v) is 12.1. The van der Waals surface area contributed by atoms with Gasteiger partial charge in [-0.2, -0.15) is 5.10 Å². The third-order valence-corrected chi connectivity index (χ3v) is 3.22. The van der Waals surface area contributed by atoms with E-state index in [2.05, 4.69) is 20.4 Å². The Bertz CT molecular complexity index is 771. The van der Waals surface area contributed by atoms with Crippen LogP contribution in [0.1, 0.15) is 6.92 Å². The molecule has 0 amide bonds. The Labute approximate surface area is 126 Å². The van der Waals surface area contributed by atoms with Crippen molar-refractivity contribution in [2.75, 3.05) is 11.9 Å². The lowest BCUT2D eigenvalue weighted by Crippen LogP contribution is -2.16. The van der Waals surface area contributed by atoms with Crippen molar-refractivity contribution in [1.29, 1.82) is 0 Å². The highest BCUT2D eigenvalue weighted by Crippen LogP contribution is 2.22. The Hall–Kier alpha value is -2.18. The number of nitrogens with zero attached hydrogens (tertiary/aromatic N) is 4. The van der Waals surface area contributed by atoms with Crippen LogP contribution in [0, 0.1) is 0 Å². The normalized spacial score (nSPS) is 12.5. The number of halogens is 1. The average molecular weight is 304 g/mol. The lowest BCUT2D eigenvalue weighted by molar-refractivity contribution is 0.208. The van der Waals surface area contributed by atoms with Crippen molar-refractivity contribution in [1.82, 2.24) is 19.7 Å². The number of aromatic nitrogens is 4. The maximum absolute atomic E-state index is 9.36. The predicted octanol–water partition coefficient (Wildman–Crippen LogP) is 2.26. The van der Waals surface area contributed by atoms with E-state index in [1.165, 1.54) is 6.33 Å². The van der Waals surface area contributed by atoms with E-state index in [4.69, 9.17) is 11.6 Å².